The summed E-state index contributed by atoms with van der Waals surface area (Å²) in [6.07, 6.45) is 0. The summed E-state index contributed by atoms with van der Waals surface area (Å²) in [4.78, 5) is 27.0. The number of halogens is 1. The van der Waals surface area contributed by atoms with Crippen LogP contribution in [0.15, 0.2) is 77.7 Å². The highest BCUT2D eigenvalue weighted by atomic mass is 32.2. The van der Waals surface area contributed by atoms with Crippen molar-refractivity contribution in [1.82, 2.24) is 10.2 Å². The van der Waals surface area contributed by atoms with Gasteiger partial charge in [0.1, 0.15) is 23.4 Å². The molecule has 202 valence electrons. The van der Waals surface area contributed by atoms with Gasteiger partial charge in [0.05, 0.1) is 12.0 Å². The van der Waals surface area contributed by atoms with Crippen LogP contribution in [0.2, 0.25) is 0 Å². The molecule has 0 spiro atoms. The Labute approximate surface area is 221 Å². The third-order valence-corrected chi connectivity index (χ3v) is 7.02. The lowest BCUT2D eigenvalue weighted by molar-refractivity contribution is -0.142. The van der Waals surface area contributed by atoms with Gasteiger partial charge < -0.3 is 19.7 Å². The van der Waals surface area contributed by atoms with Crippen LogP contribution in [-0.4, -0.2) is 51.4 Å². The molecule has 38 heavy (non-hydrogen) atoms. The summed E-state index contributed by atoms with van der Waals surface area (Å²) in [7, 11) is -2.35. The second-order valence-corrected chi connectivity index (χ2v) is 10.00. The number of methoxy groups -OCH3 is 1. The predicted octanol–water partition coefficient (Wildman–Crippen LogP) is 3.57. The predicted molar refractivity (Wildman–Crippen MR) is 141 cm³/mol. The van der Waals surface area contributed by atoms with Gasteiger partial charge in [-0.1, -0.05) is 12.1 Å². The van der Waals surface area contributed by atoms with Crippen molar-refractivity contribution in [2.75, 3.05) is 25.0 Å². The fourth-order valence-corrected chi connectivity index (χ4v) is 4.57. The second-order valence-electron chi connectivity index (χ2n) is 8.31. The molecule has 2 amide bonds. The van der Waals surface area contributed by atoms with Gasteiger partial charge >= 0.3 is 0 Å². The van der Waals surface area contributed by atoms with Crippen molar-refractivity contribution in [3.05, 3.63) is 84.2 Å². The quantitative estimate of drug-likeness (QED) is 0.361. The molecule has 0 saturated carbocycles. The first-order chi connectivity index (χ1) is 18.1. The van der Waals surface area contributed by atoms with Gasteiger partial charge in [0.25, 0.3) is 15.9 Å². The molecule has 0 saturated heterocycles. The van der Waals surface area contributed by atoms with E-state index in [0.29, 0.717) is 12.3 Å². The molecule has 0 radical (unpaired) electrons. The minimum absolute atomic E-state index is 0.0357. The number of hydrogen-bond donors (Lipinski definition) is 2. The molecule has 11 heteroatoms. The topological polar surface area (TPSA) is 114 Å². The first kappa shape index (κ1) is 28.5. The maximum Gasteiger partial charge on any atom is 0.261 e. The van der Waals surface area contributed by atoms with E-state index in [2.05, 4.69) is 10.0 Å². The van der Waals surface area contributed by atoms with Crippen molar-refractivity contribution in [3.63, 3.8) is 0 Å². The zero-order valence-corrected chi connectivity index (χ0v) is 22.1. The maximum atomic E-state index is 13.1. The molecule has 0 bridgehead atoms. The van der Waals surface area contributed by atoms with Crippen molar-refractivity contribution in [2.24, 2.45) is 0 Å². The fraction of sp³-hybridized carbons (Fsp3) is 0.259. The van der Waals surface area contributed by atoms with Gasteiger partial charge in [-0.2, -0.15) is 0 Å². The molecule has 0 aliphatic heterocycles. The van der Waals surface area contributed by atoms with Crippen LogP contribution < -0.4 is 19.5 Å². The van der Waals surface area contributed by atoms with E-state index in [1.807, 2.05) is 12.1 Å². The van der Waals surface area contributed by atoms with E-state index in [9.17, 15) is 22.4 Å². The first-order valence-electron chi connectivity index (χ1n) is 11.8. The van der Waals surface area contributed by atoms with E-state index in [4.69, 9.17) is 9.47 Å². The molecule has 0 fully saturated rings. The van der Waals surface area contributed by atoms with E-state index in [1.54, 1.807) is 33.1 Å². The first-order valence-corrected chi connectivity index (χ1v) is 13.3. The van der Waals surface area contributed by atoms with Gasteiger partial charge in [0, 0.05) is 18.8 Å². The number of nitrogens with zero attached hydrogens (tertiary/aromatic N) is 1. The highest BCUT2D eigenvalue weighted by Gasteiger charge is 2.26. The van der Waals surface area contributed by atoms with E-state index in [-0.39, 0.29) is 35.4 Å². The maximum absolute atomic E-state index is 13.1. The number of sulfonamides is 1. The van der Waals surface area contributed by atoms with Crippen LogP contribution in [0.5, 0.6) is 11.5 Å². The summed E-state index contributed by atoms with van der Waals surface area (Å²) in [6.45, 7) is 3.68. The number of hydrogen-bond acceptors (Lipinski definition) is 6. The molecule has 3 aromatic carbocycles. The molecule has 1 atom stereocenters. The van der Waals surface area contributed by atoms with Crippen LogP contribution in [0.25, 0.3) is 0 Å². The van der Waals surface area contributed by atoms with Crippen molar-refractivity contribution in [2.45, 2.75) is 31.3 Å². The van der Waals surface area contributed by atoms with E-state index >= 15 is 0 Å². The van der Waals surface area contributed by atoms with E-state index in [0.717, 1.165) is 17.7 Å². The molecule has 3 aromatic rings. The minimum atomic E-state index is -3.91. The van der Waals surface area contributed by atoms with Gasteiger partial charge in [-0.05, 0) is 80.1 Å². The standard InChI is InChI=1S/C27H30FN3O6S/c1-4-29-27(33)19(2)31(17-20-5-11-23(36-3)12-6-20)26(32)18-37-24-13-15-25(16-14-24)38(34,35)30-22-9-7-21(28)8-10-22/h5-16,19,30H,4,17-18H2,1-3H3,(H,29,33)/t19-/m0/s1. The molecule has 0 aliphatic rings. The average Bonchev–Trinajstić information content (AvgIpc) is 2.92. The Hall–Kier alpha value is -4.12. The van der Waals surface area contributed by atoms with Crippen LogP contribution in [0.1, 0.15) is 19.4 Å². The molecule has 0 unspecified atom stereocenters. The number of rotatable bonds is 12. The normalized spacial score (nSPS) is 11.8. The Morgan fingerprint density at radius 2 is 1.55 bits per heavy atom. The number of nitrogens with one attached hydrogen (secondary N) is 2. The van der Waals surface area contributed by atoms with Crippen molar-refractivity contribution >= 4 is 27.5 Å². The van der Waals surface area contributed by atoms with Gasteiger partial charge in [0.2, 0.25) is 5.91 Å². The summed E-state index contributed by atoms with van der Waals surface area (Å²) < 4.78 is 51.4. The third kappa shape index (κ3) is 7.69. The van der Waals surface area contributed by atoms with Gasteiger partial charge in [-0.25, -0.2) is 12.8 Å². The molecule has 2 N–H and O–H groups in total. The van der Waals surface area contributed by atoms with Crippen molar-refractivity contribution < 1.29 is 31.9 Å². The average molecular weight is 544 g/mol. The molecule has 0 aromatic heterocycles. The summed E-state index contributed by atoms with van der Waals surface area (Å²) >= 11 is 0. The lowest BCUT2D eigenvalue weighted by atomic mass is 10.1. The number of ether oxygens (including phenoxy) is 2. The number of amides is 2. The SMILES string of the molecule is CCNC(=O)[C@H](C)N(Cc1ccc(OC)cc1)C(=O)COc1ccc(S(=O)(=O)Nc2ccc(F)cc2)cc1. The van der Waals surface area contributed by atoms with Gasteiger partial charge in [-0.15, -0.1) is 0 Å². The highest BCUT2D eigenvalue weighted by molar-refractivity contribution is 7.92. The number of carbonyl (C=O) groups excluding carboxylic acids is 2. The lowest BCUT2D eigenvalue weighted by Gasteiger charge is -2.28. The minimum Gasteiger partial charge on any atom is -0.497 e. The Bertz CT molecular complexity index is 1330. The molecule has 0 heterocycles. The van der Waals surface area contributed by atoms with Crippen LogP contribution >= 0.6 is 0 Å². The van der Waals surface area contributed by atoms with Crippen LogP contribution in [-0.2, 0) is 26.2 Å². The number of anilines is 1. The third-order valence-electron chi connectivity index (χ3n) is 5.62. The number of benzene rings is 3. The number of carbonyl (C=O) groups is 2. The zero-order chi connectivity index (χ0) is 27.7. The fourth-order valence-electron chi connectivity index (χ4n) is 3.51. The Morgan fingerprint density at radius 3 is 2.13 bits per heavy atom. The van der Waals surface area contributed by atoms with E-state index < -0.39 is 27.8 Å². The number of likely N-dealkylation sites (N-methyl/N-ethyl adjacent to an activating group) is 1. The van der Waals surface area contributed by atoms with Gasteiger partial charge in [0.15, 0.2) is 6.61 Å². The van der Waals surface area contributed by atoms with Crippen molar-refractivity contribution in [1.29, 1.82) is 0 Å². The summed E-state index contributed by atoms with van der Waals surface area (Å²) in [6, 6.07) is 16.8. The van der Waals surface area contributed by atoms with Crippen LogP contribution in [0.3, 0.4) is 0 Å². The summed E-state index contributed by atoms with van der Waals surface area (Å²) in [5, 5.41) is 2.72. The monoisotopic (exact) mass is 543 g/mol. The van der Waals surface area contributed by atoms with Crippen molar-refractivity contribution in [3.8, 4) is 11.5 Å². The highest BCUT2D eigenvalue weighted by Crippen LogP contribution is 2.20. The Morgan fingerprint density at radius 1 is 0.947 bits per heavy atom. The van der Waals surface area contributed by atoms with Crippen LogP contribution in [0.4, 0.5) is 10.1 Å². The Kier molecular flexibility index (Phi) is 9.66. The zero-order valence-electron chi connectivity index (χ0n) is 21.3. The smallest absolute Gasteiger partial charge is 0.261 e. The lowest BCUT2D eigenvalue weighted by Crippen LogP contribution is -2.49. The summed E-state index contributed by atoms with van der Waals surface area (Å²) in [5.41, 5.74) is 1.02. The van der Waals surface area contributed by atoms with E-state index in [1.165, 1.54) is 41.3 Å². The summed E-state index contributed by atoms with van der Waals surface area (Å²) in [5.74, 6) is -0.252. The van der Waals surface area contributed by atoms with Gasteiger partial charge in [-0.3, -0.25) is 14.3 Å². The Balaban J connectivity index is 1.68. The molecule has 3 rings (SSSR count). The molecule has 9 nitrogen and oxygen atoms in total. The largest absolute Gasteiger partial charge is 0.497 e. The molecular weight excluding hydrogens is 513 g/mol. The second kappa shape index (κ2) is 12.9. The molecule has 0 aliphatic carbocycles. The molecular formula is C27H30FN3O6S. The van der Waals surface area contributed by atoms with Crippen LogP contribution in [0, 0.1) is 5.82 Å².